The Hall–Kier alpha value is -1.62. The Kier molecular flexibility index (Phi) is 3.58. The number of nitrogens with zero attached hydrogens (tertiary/aromatic N) is 2. The average molecular weight is 234 g/mol. The molecular weight excluding hydrogens is 216 g/mol. The van der Waals surface area contributed by atoms with Crippen molar-refractivity contribution in [1.82, 2.24) is 4.98 Å². The summed E-state index contributed by atoms with van der Waals surface area (Å²) in [5.74, 6) is 0.972. The van der Waals surface area contributed by atoms with E-state index in [2.05, 4.69) is 9.88 Å². The van der Waals surface area contributed by atoms with Gasteiger partial charge < -0.3 is 15.4 Å². The van der Waals surface area contributed by atoms with Crippen LogP contribution in [0.1, 0.15) is 18.4 Å². The monoisotopic (exact) mass is 234 g/mol. The van der Waals surface area contributed by atoms with Gasteiger partial charge in [-0.2, -0.15) is 0 Å². The highest BCUT2D eigenvalue weighted by Crippen LogP contribution is 2.19. The molecule has 0 atom stereocenters. The van der Waals surface area contributed by atoms with Crippen molar-refractivity contribution in [3.05, 3.63) is 23.9 Å². The molecule has 1 fully saturated rings. The minimum Gasteiger partial charge on any atom is -0.384 e. The Balaban J connectivity index is 2.07. The zero-order valence-corrected chi connectivity index (χ0v) is 10.0. The highest BCUT2D eigenvalue weighted by Gasteiger charge is 2.19. The molecule has 0 spiro atoms. The van der Waals surface area contributed by atoms with Crippen LogP contribution in [0.4, 0.5) is 5.82 Å². The molecule has 1 saturated heterocycles. The molecule has 17 heavy (non-hydrogen) atoms. The van der Waals surface area contributed by atoms with Crippen LogP contribution in [0.3, 0.4) is 0 Å². The van der Waals surface area contributed by atoms with Gasteiger partial charge in [0.15, 0.2) is 0 Å². The van der Waals surface area contributed by atoms with Gasteiger partial charge in [-0.15, -0.1) is 0 Å². The molecule has 5 heteroatoms. The number of ether oxygens (including phenoxy) is 1. The molecule has 2 heterocycles. The van der Waals surface area contributed by atoms with Gasteiger partial charge in [-0.1, -0.05) is 0 Å². The molecule has 3 N–H and O–H groups in total. The number of nitrogens with one attached hydrogen (secondary N) is 1. The van der Waals surface area contributed by atoms with E-state index in [1.165, 1.54) is 0 Å². The van der Waals surface area contributed by atoms with E-state index in [9.17, 15) is 0 Å². The maximum Gasteiger partial charge on any atom is 0.128 e. The molecule has 5 nitrogen and oxygen atoms in total. The number of aromatic nitrogens is 1. The summed E-state index contributed by atoms with van der Waals surface area (Å²) in [7, 11) is 2.05. The number of nitrogens with two attached hydrogens (primary N) is 1. The molecule has 0 bridgehead atoms. The highest BCUT2D eigenvalue weighted by molar-refractivity contribution is 5.94. The van der Waals surface area contributed by atoms with Gasteiger partial charge in [0.2, 0.25) is 0 Å². The van der Waals surface area contributed by atoms with Gasteiger partial charge in [0.05, 0.1) is 0 Å². The standard InChI is InChI=1S/C12H18N4O/c1-16(10-4-6-17-7-5-10)11-3-2-9(8-15-11)12(13)14/h2-3,8,10H,4-7H2,1H3,(H3,13,14). The van der Waals surface area contributed by atoms with Crippen molar-refractivity contribution in [1.29, 1.82) is 5.41 Å². The molecule has 0 unspecified atom stereocenters. The molecule has 92 valence electrons. The number of pyridine rings is 1. The van der Waals surface area contributed by atoms with Crippen LogP contribution >= 0.6 is 0 Å². The van der Waals surface area contributed by atoms with Crippen molar-refractivity contribution in [2.75, 3.05) is 25.2 Å². The summed E-state index contributed by atoms with van der Waals surface area (Å²) in [6.45, 7) is 1.64. The number of anilines is 1. The summed E-state index contributed by atoms with van der Waals surface area (Å²) in [5.41, 5.74) is 6.06. The zero-order valence-electron chi connectivity index (χ0n) is 10.0. The van der Waals surface area contributed by atoms with E-state index in [1.807, 2.05) is 19.2 Å². The molecule has 0 aromatic carbocycles. The molecule has 2 rings (SSSR count). The van der Waals surface area contributed by atoms with Crippen molar-refractivity contribution < 1.29 is 4.74 Å². The third-order valence-electron chi connectivity index (χ3n) is 3.16. The third-order valence-corrected chi connectivity index (χ3v) is 3.16. The van der Waals surface area contributed by atoms with Crippen LogP contribution in [0.15, 0.2) is 18.3 Å². The van der Waals surface area contributed by atoms with Crippen LogP contribution in [-0.4, -0.2) is 37.1 Å². The Bertz CT molecular complexity index is 384. The molecule has 0 saturated carbocycles. The zero-order chi connectivity index (χ0) is 12.3. The molecule has 1 aromatic rings. The first-order valence-corrected chi connectivity index (χ1v) is 5.79. The van der Waals surface area contributed by atoms with Gasteiger partial charge in [0.25, 0.3) is 0 Å². The largest absolute Gasteiger partial charge is 0.384 e. The van der Waals surface area contributed by atoms with Crippen LogP contribution < -0.4 is 10.6 Å². The molecule has 1 aromatic heterocycles. The first-order chi connectivity index (χ1) is 8.18. The van der Waals surface area contributed by atoms with E-state index in [4.69, 9.17) is 15.9 Å². The lowest BCUT2D eigenvalue weighted by Crippen LogP contribution is -2.37. The minimum atomic E-state index is 0.0535. The topological polar surface area (TPSA) is 75.2 Å². The summed E-state index contributed by atoms with van der Waals surface area (Å²) in [4.78, 5) is 6.51. The first kappa shape index (κ1) is 11.9. The van der Waals surface area contributed by atoms with Gasteiger partial charge in [-0.05, 0) is 25.0 Å². The summed E-state index contributed by atoms with van der Waals surface area (Å²) in [6.07, 6.45) is 3.72. The van der Waals surface area contributed by atoms with Crippen LogP contribution in [0.5, 0.6) is 0 Å². The second kappa shape index (κ2) is 5.14. The van der Waals surface area contributed by atoms with Crippen LogP contribution in [0.2, 0.25) is 0 Å². The Morgan fingerprint density at radius 1 is 1.47 bits per heavy atom. The predicted molar refractivity (Wildman–Crippen MR) is 67.5 cm³/mol. The average Bonchev–Trinajstić information content (AvgIpc) is 2.39. The van der Waals surface area contributed by atoms with Crippen LogP contribution in [-0.2, 0) is 4.74 Å². The van der Waals surface area contributed by atoms with E-state index >= 15 is 0 Å². The van der Waals surface area contributed by atoms with E-state index in [1.54, 1.807) is 6.20 Å². The van der Waals surface area contributed by atoms with Crippen molar-refractivity contribution >= 4 is 11.7 Å². The smallest absolute Gasteiger partial charge is 0.128 e. The number of amidine groups is 1. The second-order valence-corrected chi connectivity index (χ2v) is 4.27. The lowest BCUT2D eigenvalue weighted by molar-refractivity contribution is 0.0853. The van der Waals surface area contributed by atoms with Gasteiger partial charge in [0.1, 0.15) is 11.7 Å². The van der Waals surface area contributed by atoms with Gasteiger partial charge >= 0.3 is 0 Å². The molecule has 1 aliphatic rings. The normalized spacial score (nSPS) is 16.8. The maximum absolute atomic E-state index is 7.32. The quantitative estimate of drug-likeness (QED) is 0.604. The van der Waals surface area contributed by atoms with E-state index in [0.29, 0.717) is 11.6 Å². The van der Waals surface area contributed by atoms with Crippen LogP contribution in [0.25, 0.3) is 0 Å². The van der Waals surface area contributed by atoms with Crippen molar-refractivity contribution in [2.24, 2.45) is 5.73 Å². The lowest BCUT2D eigenvalue weighted by atomic mass is 10.1. The summed E-state index contributed by atoms with van der Waals surface area (Å²) >= 11 is 0. The fraction of sp³-hybridized carbons (Fsp3) is 0.500. The van der Waals surface area contributed by atoms with Gasteiger partial charge in [-0.25, -0.2) is 4.98 Å². The van der Waals surface area contributed by atoms with Crippen LogP contribution in [0, 0.1) is 5.41 Å². The Morgan fingerprint density at radius 2 is 2.18 bits per heavy atom. The molecular formula is C12H18N4O. The van der Waals surface area contributed by atoms with E-state index in [0.717, 1.165) is 31.9 Å². The summed E-state index contributed by atoms with van der Waals surface area (Å²) in [5, 5.41) is 7.32. The summed E-state index contributed by atoms with van der Waals surface area (Å²) in [6, 6.07) is 4.23. The Labute approximate surface area is 101 Å². The van der Waals surface area contributed by atoms with Gasteiger partial charge in [0, 0.05) is 38.1 Å². The minimum absolute atomic E-state index is 0.0535. The predicted octanol–water partition coefficient (Wildman–Crippen LogP) is 0.981. The Morgan fingerprint density at radius 3 is 2.71 bits per heavy atom. The number of nitrogen functional groups attached to an aromatic ring is 1. The van der Waals surface area contributed by atoms with Crippen molar-refractivity contribution in [3.8, 4) is 0 Å². The first-order valence-electron chi connectivity index (χ1n) is 5.79. The molecule has 0 radical (unpaired) electrons. The molecule has 0 aliphatic carbocycles. The van der Waals surface area contributed by atoms with Crippen molar-refractivity contribution in [2.45, 2.75) is 18.9 Å². The third kappa shape index (κ3) is 2.74. The van der Waals surface area contributed by atoms with E-state index < -0.39 is 0 Å². The van der Waals surface area contributed by atoms with E-state index in [-0.39, 0.29) is 5.84 Å². The summed E-state index contributed by atoms with van der Waals surface area (Å²) < 4.78 is 5.34. The number of hydrogen-bond acceptors (Lipinski definition) is 4. The number of rotatable bonds is 3. The fourth-order valence-electron chi connectivity index (χ4n) is 2.01. The molecule has 1 aliphatic heterocycles. The highest BCUT2D eigenvalue weighted by atomic mass is 16.5. The SMILES string of the molecule is CN(c1ccc(C(=N)N)cn1)C1CCOCC1. The second-order valence-electron chi connectivity index (χ2n) is 4.27. The lowest BCUT2D eigenvalue weighted by Gasteiger charge is -2.32. The van der Waals surface area contributed by atoms with Gasteiger partial charge in [-0.3, -0.25) is 5.41 Å². The maximum atomic E-state index is 7.32. The fourth-order valence-corrected chi connectivity index (χ4v) is 2.01. The number of hydrogen-bond donors (Lipinski definition) is 2. The molecule has 0 amide bonds. The van der Waals surface area contributed by atoms with Crippen molar-refractivity contribution in [3.63, 3.8) is 0 Å².